The first-order valence-corrected chi connectivity index (χ1v) is 8.64. The fraction of sp³-hybridized carbons (Fsp3) is 0.350. The minimum Gasteiger partial charge on any atom is -0.490 e. The Morgan fingerprint density at radius 2 is 1.81 bits per heavy atom. The molecule has 0 saturated heterocycles. The highest BCUT2D eigenvalue weighted by Crippen LogP contribution is 2.30. The second-order valence-corrected chi connectivity index (χ2v) is 5.88. The first-order chi connectivity index (χ1) is 12.5. The van der Waals surface area contributed by atoms with Gasteiger partial charge in [0, 0.05) is 18.3 Å². The number of ether oxygens (including phenoxy) is 2. The van der Waals surface area contributed by atoms with Crippen LogP contribution in [0.2, 0.25) is 0 Å². The number of carbonyl (C=O) groups is 1. The molecule has 2 rings (SSSR count). The van der Waals surface area contributed by atoms with Crippen LogP contribution in [0.3, 0.4) is 0 Å². The molecule has 26 heavy (non-hydrogen) atoms. The highest BCUT2D eigenvalue weighted by Gasteiger charge is 2.11. The number of hydrogen-bond donors (Lipinski definition) is 1. The maximum Gasteiger partial charge on any atom is 0.238 e. The molecule has 0 atom stereocenters. The maximum atomic E-state index is 13.2. The van der Waals surface area contributed by atoms with Crippen LogP contribution in [0, 0.1) is 5.82 Å². The van der Waals surface area contributed by atoms with Crippen LogP contribution in [-0.4, -0.2) is 37.6 Å². The third-order valence-corrected chi connectivity index (χ3v) is 3.58. The lowest BCUT2D eigenvalue weighted by Gasteiger charge is -2.17. The number of anilines is 1. The Morgan fingerprint density at radius 3 is 2.50 bits per heavy atom. The average molecular weight is 360 g/mol. The Kier molecular flexibility index (Phi) is 7.41. The predicted molar refractivity (Wildman–Crippen MR) is 100 cm³/mol. The van der Waals surface area contributed by atoms with E-state index in [9.17, 15) is 9.18 Å². The fourth-order valence-electron chi connectivity index (χ4n) is 2.58. The number of carbonyl (C=O) groups excluding carboxylic acids is 1. The molecule has 1 N–H and O–H groups in total. The Hall–Kier alpha value is -2.60. The molecule has 5 nitrogen and oxygen atoms in total. The lowest BCUT2D eigenvalue weighted by Crippen LogP contribution is -2.29. The molecule has 0 aliphatic carbocycles. The molecule has 2 aromatic rings. The van der Waals surface area contributed by atoms with Gasteiger partial charge in [0.1, 0.15) is 5.82 Å². The molecular formula is C20H25FN2O3. The lowest BCUT2D eigenvalue weighted by atomic mass is 10.2. The molecule has 1 amide bonds. The summed E-state index contributed by atoms with van der Waals surface area (Å²) in [5.41, 5.74) is 1.46. The first-order valence-electron chi connectivity index (χ1n) is 8.64. The van der Waals surface area contributed by atoms with E-state index in [1.54, 1.807) is 24.3 Å². The van der Waals surface area contributed by atoms with E-state index in [0.717, 1.165) is 5.56 Å². The normalized spacial score (nSPS) is 10.7. The summed E-state index contributed by atoms with van der Waals surface area (Å²) in [5, 5.41) is 2.85. The summed E-state index contributed by atoms with van der Waals surface area (Å²) in [6, 6.07) is 11.7. The summed E-state index contributed by atoms with van der Waals surface area (Å²) in [6.07, 6.45) is 0. The van der Waals surface area contributed by atoms with Gasteiger partial charge < -0.3 is 14.8 Å². The van der Waals surface area contributed by atoms with Gasteiger partial charge in [-0.25, -0.2) is 4.39 Å². The average Bonchev–Trinajstić information content (AvgIpc) is 2.57. The Labute approximate surface area is 153 Å². The second kappa shape index (κ2) is 9.77. The second-order valence-electron chi connectivity index (χ2n) is 5.88. The highest BCUT2D eigenvalue weighted by molar-refractivity contribution is 5.92. The van der Waals surface area contributed by atoms with E-state index in [2.05, 4.69) is 5.32 Å². The van der Waals surface area contributed by atoms with Crippen LogP contribution in [0.4, 0.5) is 10.1 Å². The Bertz CT molecular complexity index is 737. The molecule has 2 aromatic carbocycles. The van der Waals surface area contributed by atoms with Crippen LogP contribution < -0.4 is 14.8 Å². The van der Waals surface area contributed by atoms with Crippen molar-refractivity contribution >= 4 is 11.6 Å². The molecule has 140 valence electrons. The third-order valence-electron chi connectivity index (χ3n) is 3.58. The summed E-state index contributed by atoms with van der Waals surface area (Å²) in [7, 11) is 1.81. The molecule has 6 heteroatoms. The minimum absolute atomic E-state index is 0.157. The van der Waals surface area contributed by atoms with Gasteiger partial charge in [0.15, 0.2) is 11.5 Å². The summed E-state index contributed by atoms with van der Waals surface area (Å²) in [5.74, 6) is 0.810. The molecular weight excluding hydrogens is 335 g/mol. The number of amides is 1. The molecule has 0 radical (unpaired) electrons. The van der Waals surface area contributed by atoms with Gasteiger partial charge in [-0.05, 0) is 50.7 Å². The van der Waals surface area contributed by atoms with Crippen molar-refractivity contribution < 1.29 is 18.7 Å². The molecule has 0 heterocycles. The monoisotopic (exact) mass is 360 g/mol. The molecule has 0 bridgehead atoms. The van der Waals surface area contributed by atoms with E-state index < -0.39 is 0 Å². The van der Waals surface area contributed by atoms with Crippen LogP contribution in [0.1, 0.15) is 19.4 Å². The summed E-state index contributed by atoms with van der Waals surface area (Å²) in [6.45, 7) is 5.51. The van der Waals surface area contributed by atoms with E-state index >= 15 is 0 Å². The van der Waals surface area contributed by atoms with Crippen LogP contribution in [0.5, 0.6) is 11.5 Å². The molecule has 0 aromatic heterocycles. The van der Waals surface area contributed by atoms with Crippen molar-refractivity contribution in [3.8, 4) is 11.5 Å². The van der Waals surface area contributed by atoms with E-state index in [0.29, 0.717) is 36.9 Å². The summed E-state index contributed by atoms with van der Waals surface area (Å²) < 4.78 is 24.3. The van der Waals surface area contributed by atoms with Crippen molar-refractivity contribution in [1.82, 2.24) is 4.90 Å². The zero-order chi connectivity index (χ0) is 18.9. The van der Waals surface area contributed by atoms with Crippen molar-refractivity contribution in [2.45, 2.75) is 20.4 Å². The zero-order valence-electron chi connectivity index (χ0n) is 15.4. The van der Waals surface area contributed by atoms with Gasteiger partial charge in [0.05, 0.1) is 19.8 Å². The SMILES string of the molecule is CCOc1ccc(NC(=O)CN(C)Cc2cccc(F)c2)cc1OCC. The largest absolute Gasteiger partial charge is 0.490 e. The van der Waals surface area contributed by atoms with Crippen molar-refractivity contribution in [2.24, 2.45) is 0 Å². The zero-order valence-corrected chi connectivity index (χ0v) is 15.4. The first kappa shape index (κ1) is 19.7. The van der Waals surface area contributed by atoms with Crippen LogP contribution >= 0.6 is 0 Å². The number of halogens is 1. The van der Waals surface area contributed by atoms with Gasteiger partial charge in [-0.1, -0.05) is 12.1 Å². The summed E-state index contributed by atoms with van der Waals surface area (Å²) in [4.78, 5) is 14.1. The number of nitrogens with one attached hydrogen (secondary N) is 1. The fourth-order valence-corrected chi connectivity index (χ4v) is 2.58. The van der Waals surface area contributed by atoms with Gasteiger partial charge in [-0.15, -0.1) is 0 Å². The topological polar surface area (TPSA) is 50.8 Å². The van der Waals surface area contributed by atoms with Gasteiger partial charge in [0.25, 0.3) is 0 Å². The number of rotatable bonds is 9. The third kappa shape index (κ3) is 6.04. The molecule has 0 unspecified atom stereocenters. The Morgan fingerprint density at radius 1 is 1.08 bits per heavy atom. The maximum absolute atomic E-state index is 13.2. The van der Waals surface area contributed by atoms with Gasteiger partial charge >= 0.3 is 0 Å². The van der Waals surface area contributed by atoms with E-state index in [-0.39, 0.29) is 18.3 Å². The van der Waals surface area contributed by atoms with E-state index in [1.807, 2.05) is 31.9 Å². The van der Waals surface area contributed by atoms with Crippen molar-refractivity contribution in [3.05, 3.63) is 53.8 Å². The quantitative estimate of drug-likeness (QED) is 0.741. The number of nitrogens with zero attached hydrogens (tertiary/aromatic N) is 1. The minimum atomic E-state index is -0.279. The van der Waals surface area contributed by atoms with Gasteiger partial charge in [-0.2, -0.15) is 0 Å². The van der Waals surface area contributed by atoms with Crippen molar-refractivity contribution in [1.29, 1.82) is 0 Å². The van der Waals surface area contributed by atoms with E-state index in [1.165, 1.54) is 12.1 Å². The molecule has 0 aliphatic heterocycles. The lowest BCUT2D eigenvalue weighted by molar-refractivity contribution is -0.117. The number of hydrogen-bond acceptors (Lipinski definition) is 4. The molecule has 0 aliphatic rings. The highest BCUT2D eigenvalue weighted by atomic mass is 19.1. The van der Waals surface area contributed by atoms with Crippen LogP contribution in [-0.2, 0) is 11.3 Å². The van der Waals surface area contributed by atoms with Crippen molar-refractivity contribution in [2.75, 3.05) is 32.1 Å². The number of likely N-dealkylation sites (N-methyl/N-ethyl adjacent to an activating group) is 1. The van der Waals surface area contributed by atoms with Crippen molar-refractivity contribution in [3.63, 3.8) is 0 Å². The standard InChI is InChI=1S/C20H25FN2O3/c1-4-25-18-10-9-17(12-19(18)26-5-2)22-20(24)14-23(3)13-15-7-6-8-16(21)11-15/h6-12H,4-5,13-14H2,1-3H3,(H,22,24). The van der Waals surface area contributed by atoms with Gasteiger partial charge in [0.2, 0.25) is 5.91 Å². The molecule has 0 spiro atoms. The summed E-state index contributed by atoms with van der Waals surface area (Å²) >= 11 is 0. The molecule has 0 saturated carbocycles. The van der Waals surface area contributed by atoms with E-state index in [4.69, 9.17) is 9.47 Å². The molecule has 0 fully saturated rings. The number of benzene rings is 2. The Balaban J connectivity index is 1.95. The van der Waals surface area contributed by atoms with Gasteiger partial charge in [-0.3, -0.25) is 9.69 Å². The smallest absolute Gasteiger partial charge is 0.238 e. The van der Waals surface area contributed by atoms with Crippen LogP contribution in [0.15, 0.2) is 42.5 Å². The van der Waals surface area contributed by atoms with Crippen LogP contribution in [0.25, 0.3) is 0 Å². The predicted octanol–water partition coefficient (Wildman–Crippen LogP) is 3.69.